The third-order valence-corrected chi connectivity index (χ3v) is 3.13. The molecule has 2 aromatic rings. The fourth-order valence-electron chi connectivity index (χ4n) is 1.93. The molecular formula is C12H12ClN3O. The van der Waals surface area contributed by atoms with Crippen LogP contribution >= 0.6 is 11.6 Å². The highest BCUT2D eigenvalue weighted by molar-refractivity contribution is 6.34. The molecular weight excluding hydrogens is 238 g/mol. The number of halogens is 1. The van der Waals surface area contributed by atoms with E-state index in [4.69, 9.17) is 16.3 Å². The summed E-state index contributed by atoms with van der Waals surface area (Å²) < 4.78 is 5.31. The van der Waals surface area contributed by atoms with Crippen molar-refractivity contribution in [1.29, 1.82) is 0 Å². The predicted octanol–water partition coefficient (Wildman–Crippen LogP) is 2.12. The third kappa shape index (κ3) is 2.06. The molecule has 3 rings (SSSR count). The zero-order valence-electron chi connectivity index (χ0n) is 9.27. The van der Waals surface area contributed by atoms with Crippen LogP contribution in [0.2, 0.25) is 5.15 Å². The average Bonchev–Trinajstić information content (AvgIpc) is 2.40. The summed E-state index contributed by atoms with van der Waals surface area (Å²) in [4.78, 5) is 11.0. The van der Waals surface area contributed by atoms with Crippen molar-refractivity contribution in [2.24, 2.45) is 0 Å². The second-order valence-electron chi connectivity index (χ2n) is 3.93. The lowest BCUT2D eigenvalue weighted by atomic mass is 10.2. The van der Waals surface area contributed by atoms with Gasteiger partial charge in [-0.05, 0) is 12.1 Å². The number of benzene rings is 1. The van der Waals surface area contributed by atoms with Gasteiger partial charge in [-0.25, -0.2) is 9.97 Å². The number of anilines is 1. The number of nitrogens with zero attached hydrogens (tertiary/aromatic N) is 3. The Morgan fingerprint density at radius 3 is 2.71 bits per heavy atom. The number of ether oxygens (including phenoxy) is 1. The molecule has 17 heavy (non-hydrogen) atoms. The van der Waals surface area contributed by atoms with Gasteiger partial charge in [0.2, 0.25) is 5.95 Å². The summed E-state index contributed by atoms with van der Waals surface area (Å²) in [5.41, 5.74) is 0.883. The molecule has 0 unspecified atom stereocenters. The first-order valence-corrected chi connectivity index (χ1v) is 5.97. The second-order valence-corrected chi connectivity index (χ2v) is 4.29. The minimum absolute atomic E-state index is 0.511. The van der Waals surface area contributed by atoms with Crippen LogP contribution in [0.1, 0.15) is 0 Å². The summed E-state index contributed by atoms with van der Waals surface area (Å²) in [5.74, 6) is 0.692. The summed E-state index contributed by atoms with van der Waals surface area (Å²) in [7, 11) is 0. The van der Waals surface area contributed by atoms with Crippen molar-refractivity contribution < 1.29 is 4.74 Å². The van der Waals surface area contributed by atoms with Gasteiger partial charge in [-0.15, -0.1) is 0 Å². The van der Waals surface area contributed by atoms with Crippen molar-refractivity contribution in [3.63, 3.8) is 0 Å². The van der Waals surface area contributed by atoms with Gasteiger partial charge in [0.15, 0.2) is 0 Å². The summed E-state index contributed by atoms with van der Waals surface area (Å²) in [5, 5.41) is 1.41. The maximum absolute atomic E-state index is 6.17. The maximum atomic E-state index is 6.17. The molecule has 1 aromatic carbocycles. The highest BCUT2D eigenvalue weighted by atomic mass is 35.5. The summed E-state index contributed by atoms with van der Waals surface area (Å²) in [6, 6.07) is 7.77. The van der Waals surface area contributed by atoms with E-state index in [0.717, 1.165) is 24.0 Å². The van der Waals surface area contributed by atoms with Crippen LogP contribution < -0.4 is 4.90 Å². The molecule has 0 radical (unpaired) electrons. The Kier molecular flexibility index (Phi) is 2.82. The lowest BCUT2D eigenvalue weighted by Crippen LogP contribution is -2.37. The Bertz CT molecular complexity index is 540. The van der Waals surface area contributed by atoms with E-state index in [1.807, 2.05) is 24.3 Å². The lowest BCUT2D eigenvalue weighted by Gasteiger charge is -2.26. The third-order valence-electron chi connectivity index (χ3n) is 2.84. The summed E-state index contributed by atoms with van der Waals surface area (Å²) >= 11 is 6.17. The van der Waals surface area contributed by atoms with Crippen molar-refractivity contribution in [2.75, 3.05) is 31.2 Å². The van der Waals surface area contributed by atoms with Crippen molar-refractivity contribution in [1.82, 2.24) is 9.97 Å². The van der Waals surface area contributed by atoms with Gasteiger partial charge in [-0.3, -0.25) is 0 Å². The van der Waals surface area contributed by atoms with E-state index in [2.05, 4.69) is 14.9 Å². The lowest BCUT2D eigenvalue weighted by molar-refractivity contribution is 0.122. The monoisotopic (exact) mass is 249 g/mol. The van der Waals surface area contributed by atoms with Gasteiger partial charge in [0.05, 0.1) is 18.7 Å². The zero-order valence-corrected chi connectivity index (χ0v) is 10.0. The highest BCUT2D eigenvalue weighted by Crippen LogP contribution is 2.23. The minimum atomic E-state index is 0.511. The van der Waals surface area contributed by atoms with E-state index in [0.29, 0.717) is 24.3 Å². The normalized spacial score (nSPS) is 16.4. The van der Waals surface area contributed by atoms with Gasteiger partial charge >= 0.3 is 0 Å². The van der Waals surface area contributed by atoms with E-state index < -0.39 is 0 Å². The van der Waals surface area contributed by atoms with E-state index in [1.54, 1.807) is 0 Å². The van der Waals surface area contributed by atoms with Crippen LogP contribution in [0.4, 0.5) is 5.95 Å². The van der Waals surface area contributed by atoms with E-state index in [1.165, 1.54) is 0 Å². The summed E-state index contributed by atoms with van der Waals surface area (Å²) in [6.45, 7) is 3.06. The van der Waals surface area contributed by atoms with Crippen LogP contribution in [0, 0.1) is 0 Å². The zero-order chi connectivity index (χ0) is 11.7. The van der Waals surface area contributed by atoms with E-state index in [9.17, 15) is 0 Å². The maximum Gasteiger partial charge on any atom is 0.227 e. The molecule has 5 heteroatoms. The predicted molar refractivity (Wildman–Crippen MR) is 67.6 cm³/mol. The topological polar surface area (TPSA) is 38.2 Å². The molecule has 2 heterocycles. The van der Waals surface area contributed by atoms with Crippen molar-refractivity contribution in [2.45, 2.75) is 0 Å². The molecule has 1 saturated heterocycles. The van der Waals surface area contributed by atoms with Crippen LogP contribution in [0.15, 0.2) is 24.3 Å². The van der Waals surface area contributed by atoms with E-state index in [-0.39, 0.29) is 0 Å². The fourth-order valence-corrected chi connectivity index (χ4v) is 2.17. The first-order chi connectivity index (χ1) is 8.34. The van der Waals surface area contributed by atoms with Gasteiger partial charge in [0.1, 0.15) is 5.15 Å². The minimum Gasteiger partial charge on any atom is -0.378 e. The van der Waals surface area contributed by atoms with Crippen LogP contribution in [-0.2, 0) is 4.74 Å². The molecule has 1 fully saturated rings. The molecule has 1 aromatic heterocycles. The van der Waals surface area contributed by atoms with Gasteiger partial charge in [-0.2, -0.15) is 0 Å². The number of morpholine rings is 1. The Labute approximate surface area is 104 Å². The van der Waals surface area contributed by atoms with Gasteiger partial charge < -0.3 is 9.64 Å². The molecule has 1 aliphatic rings. The SMILES string of the molecule is Clc1nc(N2CCOCC2)nc2ccccc12. The Hall–Kier alpha value is -1.39. The highest BCUT2D eigenvalue weighted by Gasteiger charge is 2.15. The Morgan fingerprint density at radius 1 is 1.12 bits per heavy atom. The van der Waals surface area contributed by atoms with Crippen LogP contribution in [0.3, 0.4) is 0 Å². The molecule has 4 nitrogen and oxygen atoms in total. The van der Waals surface area contributed by atoms with Crippen molar-refractivity contribution >= 4 is 28.5 Å². The molecule has 0 amide bonds. The molecule has 0 atom stereocenters. The molecule has 1 aliphatic heterocycles. The number of para-hydroxylation sites is 1. The van der Waals surface area contributed by atoms with Crippen LogP contribution in [-0.4, -0.2) is 36.3 Å². The molecule has 88 valence electrons. The quantitative estimate of drug-likeness (QED) is 0.726. The first kappa shape index (κ1) is 10.7. The number of aromatic nitrogens is 2. The summed E-state index contributed by atoms with van der Waals surface area (Å²) in [6.07, 6.45) is 0. The molecule has 0 spiro atoms. The van der Waals surface area contributed by atoms with Crippen molar-refractivity contribution in [3.8, 4) is 0 Å². The second kappa shape index (κ2) is 4.47. The molecule has 0 N–H and O–H groups in total. The molecule has 0 saturated carbocycles. The number of fused-ring (bicyclic) bond motifs is 1. The van der Waals surface area contributed by atoms with Gasteiger partial charge in [0.25, 0.3) is 0 Å². The Balaban J connectivity index is 2.05. The number of rotatable bonds is 1. The molecule has 0 aliphatic carbocycles. The smallest absolute Gasteiger partial charge is 0.227 e. The standard InChI is InChI=1S/C12H12ClN3O/c13-11-9-3-1-2-4-10(9)14-12(15-11)16-5-7-17-8-6-16/h1-4H,5-8H2. The fraction of sp³-hybridized carbons (Fsp3) is 0.333. The number of hydrogen-bond acceptors (Lipinski definition) is 4. The van der Waals surface area contributed by atoms with Crippen LogP contribution in [0.25, 0.3) is 10.9 Å². The average molecular weight is 250 g/mol. The molecule has 0 bridgehead atoms. The van der Waals surface area contributed by atoms with Crippen molar-refractivity contribution in [3.05, 3.63) is 29.4 Å². The van der Waals surface area contributed by atoms with E-state index >= 15 is 0 Å². The Morgan fingerprint density at radius 2 is 1.88 bits per heavy atom. The number of hydrogen-bond donors (Lipinski definition) is 0. The largest absolute Gasteiger partial charge is 0.378 e. The first-order valence-electron chi connectivity index (χ1n) is 5.59. The van der Waals surface area contributed by atoms with Gasteiger partial charge in [-0.1, -0.05) is 23.7 Å². The van der Waals surface area contributed by atoms with Gasteiger partial charge in [0, 0.05) is 18.5 Å². The van der Waals surface area contributed by atoms with Crippen LogP contribution in [0.5, 0.6) is 0 Å².